The van der Waals surface area contributed by atoms with Crippen molar-refractivity contribution in [3.05, 3.63) is 94.9 Å². The number of carbonyl (C=O) groups excluding carboxylic acids is 1. The van der Waals surface area contributed by atoms with Crippen LogP contribution in [0.4, 0.5) is 5.69 Å². The molecule has 174 valence electrons. The van der Waals surface area contributed by atoms with Crippen molar-refractivity contribution in [2.24, 2.45) is 4.99 Å². The number of rotatable bonds is 8. The Balaban J connectivity index is 1.59. The van der Waals surface area contributed by atoms with E-state index in [2.05, 4.69) is 0 Å². The van der Waals surface area contributed by atoms with Gasteiger partial charge in [-0.3, -0.25) is 9.69 Å². The average Bonchev–Trinajstić information content (AvgIpc) is 3.14. The topological polar surface area (TPSA) is 51.1 Å². The zero-order valence-corrected chi connectivity index (χ0v) is 20.4. The molecule has 34 heavy (non-hydrogen) atoms. The van der Waals surface area contributed by atoms with Gasteiger partial charge in [-0.05, 0) is 74.0 Å². The van der Waals surface area contributed by atoms with Crippen molar-refractivity contribution in [1.82, 2.24) is 4.90 Å². The van der Waals surface area contributed by atoms with Gasteiger partial charge in [-0.15, -0.1) is 0 Å². The summed E-state index contributed by atoms with van der Waals surface area (Å²) in [5.41, 5.74) is 2.78. The van der Waals surface area contributed by atoms with E-state index in [0.717, 1.165) is 16.8 Å². The highest BCUT2D eigenvalue weighted by Gasteiger charge is 2.35. The van der Waals surface area contributed by atoms with Gasteiger partial charge in [0, 0.05) is 6.04 Å². The molecular weight excluding hydrogens is 444 g/mol. The van der Waals surface area contributed by atoms with Crippen molar-refractivity contribution in [3.8, 4) is 11.5 Å². The summed E-state index contributed by atoms with van der Waals surface area (Å²) in [6.07, 6.45) is 1.89. The van der Waals surface area contributed by atoms with Gasteiger partial charge in [0.05, 0.1) is 17.2 Å². The number of para-hydroxylation sites is 1. The molecule has 6 heteroatoms. The maximum atomic E-state index is 13.2. The van der Waals surface area contributed by atoms with Crippen LogP contribution in [-0.2, 0) is 11.4 Å². The largest absolute Gasteiger partial charge is 0.490 e. The molecule has 0 radical (unpaired) electrons. The number of carbonyl (C=O) groups is 1. The first-order chi connectivity index (χ1) is 16.5. The van der Waals surface area contributed by atoms with Crippen LogP contribution in [0.2, 0.25) is 0 Å². The molecule has 1 aliphatic heterocycles. The number of hydrogen-bond donors (Lipinski definition) is 0. The minimum absolute atomic E-state index is 0.00103. The Labute approximate surface area is 205 Å². The van der Waals surface area contributed by atoms with Gasteiger partial charge in [-0.1, -0.05) is 54.6 Å². The van der Waals surface area contributed by atoms with E-state index < -0.39 is 0 Å². The predicted molar refractivity (Wildman–Crippen MR) is 139 cm³/mol. The van der Waals surface area contributed by atoms with Crippen LogP contribution >= 0.6 is 11.8 Å². The second kappa shape index (κ2) is 11.1. The SMILES string of the molecule is CCOc1cc(/C=C2/SC(=Nc3ccccc3)N(C(C)C)C2=O)ccc1OCc1ccccc1. The van der Waals surface area contributed by atoms with Crippen LogP contribution in [0.3, 0.4) is 0 Å². The molecule has 1 aliphatic rings. The van der Waals surface area contributed by atoms with E-state index in [1.807, 2.05) is 106 Å². The average molecular weight is 473 g/mol. The molecule has 5 nitrogen and oxygen atoms in total. The molecule has 0 saturated carbocycles. The highest BCUT2D eigenvalue weighted by molar-refractivity contribution is 8.18. The van der Waals surface area contributed by atoms with Crippen LogP contribution < -0.4 is 9.47 Å². The van der Waals surface area contributed by atoms with Crippen LogP contribution in [0.5, 0.6) is 11.5 Å². The monoisotopic (exact) mass is 472 g/mol. The molecule has 0 atom stereocenters. The molecule has 0 N–H and O–H groups in total. The van der Waals surface area contributed by atoms with E-state index in [9.17, 15) is 4.79 Å². The summed E-state index contributed by atoms with van der Waals surface area (Å²) in [5, 5.41) is 0.685. The zero-order valence-electron chi connectivity index (χ0n) is 19.6. The molecule has 0 spiro atoms. The number of benzene rings is 3. The molecule has 4 rings (SSSR count). The van der Waals surface area contributed by atoms with E-state index in [1.54, 1.807) is 4.90 Å². The third-order valence-electron chi connectivity index (χ3n) is 5.14. The van der Waals surface area contributed by atoms with Gasteiger partial charge in [0.2, 0.25) is 0 Å². The summed E-state index contributed by atoms with van der Waals surface area (Å²) in [7, 11) is 0. The van der Waals surface area contributed by atoms with Gasteiger partial charge in [0.1, 0.15) is 6.61 Å². The number of hydrogen-bond acceptors (Lipinski definition) is 5. The fourth-order valence-electron chi connectivity index (χ4n) is 3.52. The molecule has 3 aromatic carbocycles. The van der Waals surface area contributed by atoms with Crippen molar-refractivity contribution in [2.45, 2.75) is 33.4 Å². The third-order valence-corrected chi connectivity index (χ3v) is 6.12. The fraction of sp³-hybridized carbons (Fsp3) is 0.214. The normalized spacial score (nSPS) is 16.0. The minimum atomic E-state index is -0.0444. The second-order valence-corrected chi connectivity index (χ2v) is 9.03. The molecule has 1 amide bonds. The Hall–Kier alpha value is -3.51. The number of nitrogens with zero attached hydrogens (tertiary/aromatic N) is 2. The van der Waals surface area contributed by atoms with Crippen molar-refractivity contribution in [3.63, 3.8) is 0 Å². The van der Waals surface area contributed by atoms with Gasteiger partial charge >= 0.3 is 0 Å². The first-order valence-corrected chi connectivity index (χ1v) is 12.2. The molecule has 1 heterocycles. The van der Waals surface area contributed by atoms with Gasteiger partial charge in [0.25, 0.3) is 5.91 Å². The first-order valence-electron chi connectivity index (χ1n) is 11.4. The number of ether oxygens (including phenoxy) is 2. The second-order valence-electron chi connectivity index (χ2n) is 8.02. The van der Waals surface area contributed by atoms with Gasteiger partial charge in [0.15, 0.2) is 16.7 Å². The van der Waals surface area contributed by atoms with E-state index in [-0.39, 0.29) is 11.9 Å². The maximum Gasteiger partial charge on any atom is 0.266 e. The lowest BCUT2D eigenvalue weighted by Gasteiger charge is -2.19. The van der Waals surface area contributed by atoms with Crippen molar-refractivity contribution in [1.29, 1.82) is 0 Å². The summed E-state index contributed by atoms with van der Waals surface area (Å²) in [4.78, 5) is 20.3. The molecule has 0 aliphatic carbocycles. The summed E-state index contributed by atoms with van der Waals surface area (Å²) < 4.78 is 11.8. The predicted octanol–water partition coefficient (Wildman–Crippen LogP) is 6.68. The van der Waals surface area contributed by atoms with Gasteiger partial charge < -0.3 is 9.47 Å². The van der Waals surface area contributed by atoms with E-state index in [1.165, 1.54) is 11.8 Å². The van der Waals surface area contributed by atoms with Gasteiger partial charge in [-0.2, -0.15) is 0 Å². The lowest BCUT2D eigenvalue weighted by Crippen LogP contribution is -2.35. The Morgan fingerprint density at radius 2 is 1.65 bits per heavy atom. The summed E-state index contributed by atoms with van der Waals surface area (Å²) in [5.74, 6) is 1.28. The summed E-state index contributed by atoms with van der Waals surface area (Å²) in [6, 6.07) is 25.4. The highest BCUT2D eigenvalue weighted by atomic mass is 32.2. The zero-order chi connectivity index (χ0) is 23.9. The molecular formula is C28H28N2O3S. The lowest BCUT2D eigenvalue weighted by molar-refractivity contribution is -0.123. The van der Waals surface area contributed by atoms with Crippen LogP contribution in [0.15, 0.2) is 88.8 Å². The molecule has 1 fully saturated rings. The third kappa shape index (κ3) is 5.69. The quantitative estimate of drug-likeness (QED) is 0.343. The molecule has 1 saturated heterocycles. The van der Waals surface area contributed by atoms with Crippen LogP contribution in [-0.4, -0.2) is 28.6 Å². The van der Waals surface area contributed by atoms with Crippen LogP contribution in [0.25, 0.3) is 6.08 Å². The summed E-state index contributed by atoms with van der Waals surface area (Å²) >= 11 is 1.39. The first kappa shape index (κ1) is 23.6. The number of amides is 1. The lowest BCUT2D eigenvalue weighted by atomic mass is 10.1. The molecule has 0 aromatic heterocycles. The number of aliphatic imine (C=N–C) groups is 1. The van der Waals surface area contributed by atoms with E-state index in [4.69, 9.17) is 14.5 Å². The van der Waals surface area contributed by atoms with E-state index in [0.29, 0.717) is 34.8 Å². The molecule has 0 bridgehead atoms. The minimum Gasteiger partial charge on any atom is -0.490 e. The Bertz CT molecular complexity index is 1190. The Morgan fingerprint density at radius 3 is 2.32 bits per heavy atom. The van der Waals surface area contributed by atoms with Crippen LogP contribution in [0, 0.1) is 0 Å². The van der Waals surface area contributed by atoms with Crippen molar-refractivity contribution < 1.29 is 14.3 Å². The standard InChI is InChI=1S/C28H28N2O3S/c1-4-32-25-17-22(15-16-24(25)33-19-21-11-7-5-8-12-21)18-26-27(31)30(20(2)3)28(34-26)29-23-13-9-6-10-14-23/h5-18,20H,4,19H2,1-3H3/b26-18+,29-28?. The maximum absolute atomic E-state index is 13.2. The molecule has 3 aromatic rings. The smallest absolute Gasteiger partial charge is 0.266 e. The Kier molecular flexibility index (Phi) is 7.70. The number of amidine groups is 1. The highest BCUT2D eigenvalue weighted by Crippen LogP contribution is 2.37. The molecule has 0 unspecified atom stereocenters. The Morgan fingerprint density at radius 1 is 0.941 bits per heavy atom. The fourth-order valence-corrected chi connectivity index (χ4v) is 4.64. The van der Waals surface area contributed by atoms with Crippen molar-refractivity contribution >= 4 is 34.6 Å². The van der Waals surface area contributed by atoms with Crippen LogP contribution in [0.1, 0.15) is 31.9 Å². The van der Waals surface area contributed by atoms with Crippen molar-refractivity contribution in [2.75, 3.05) is 6.61 Å². The van der Waals surface area contributed by atoms with Gasteiger partial charge in [-0.25, -0.2) is 4.99 Å². The number of thioether (sulfide) groups is 1. The summed E-state index contributed by atoms with van der Waals surface area (Å²) in [6.45, 7) is 6.90. The van der Waals surface area contributed by atoms with E-state index >= 15 is 0 Å².